The van der Waals surface area contributed by atoms with Gasteiger partial charge in [0.2, 0.25) is 0 Å². The zero-order valence-electron chi connectivity index (χ0n) is 16.4. The summed E-state index contributed by atoms with van der Waals surface area (Å²) in [7, 11) is 0. The van der Waals surface area contributed by atoms with Crippen LogP contribution in [0.3, 0.4) is 0 Å². The largest absolute Gasteiger partial charge is 0.491 e. The third-order valence-electron chi connectivity index (χ3n) is 4.92. The van der Waals surface area contributed by atoms with Gasteiger partial charge in [0.15, 0.2) is 0 Å². The van der Waals surface area contributed by atoms with E-state index in [0.717, 1.165) is 29.1 Å². The number of ether oxygens (including phenoxy) is 1. The number of carbonyl (C=O) groups is 1. The minimum atomic E-state index is -0.802. The van der Waals surface area contributed by atoms with Crippen molar-refractivity contribution in [1.29, 1.82) is 0 Å². The second-order valence-corrected chi connectivity index (χ2v) is 8.24. The molecule has 2 aromatic carbocycles. The van der Waals surface area contributed by atoms with Gasteiger partial charge in [-0.15, -0.1) is 0 Å². The topological polar surface area (TPSA) is 62.1 Å². The smallest absolute Gasteiger partial charge is 0.304 e. The maximum atomic E-state index is 11.1. The van der Waals surface area contributed by atoms with Crippen LogP contribution < -0.4 is 9.75 Å². The number of carboxylic acid groups (broad SMARTS) is 1. The van der Waals surface area contributed by atoms with Gasteiger partial charge in [0.25, 0.3) is 0 Å². The van der Waals surface area contributed by atoms with E-state index in [-0.39, 0.29) is 12.5 Å². The van der Waals surface area contributed by atoms with E-state index >= 15 is 0 Å². The summed E-state index contributed by atoms with van der Waals surface area (Å²) in [5.41, 5.74) is 2.60. The summed E-state index contributed by atoms with van der Waals surface area (Å²) in [5.74, 6) is -0.0419. The summed E-state index contributed by atoms with van der Waals surface area (Å²) in [5, 5.41) is 16.4. The van der Waals surface area contributed by atoms with Gasteiger partial charge in [0.05, 0.1) is 18.2 Å². The highest BCUT2D eigenvalue weighted by atomic mass is 35.5. The second kappa shape index (κ2) is 8.23. The molecule has 0 aliphatic carbocycles. The molecule has 1 aliphatic heterocycles. The van der Waals surface area contributed by atoms with Crippen molar-refractivity contribution in [1.82, 2.24) is 0 Å². The minimum Gasteiger partial charge on any atom is -0.491 e. The number of nitrogens with zero attached hydrogens (tertiary/aromatic N) is 2. The molecule has 0 bridgehead atoms. The molecule has 3 rings (SSSR count). The lowest BCUT2D eigenvalue weighted by Gasteiger charge is -2.25. The number of hydrogen-bond donors (Lipinski definition) is 1. The Balaban J connectivity index is 1.65. The van der Waals surface area contributed by atoms with Crippen molar-refractivity contribution >= 4 is 29.0 Å². The van der Waals surface area contributed by atoms with E-state index < -0.39 is 11.4 Å². The van der Waals surface area contributed by atoms with Crippen LogP contribution in [0.4, 0.5) is 5.69 Å². The number of halogens is 1. The van der Waals surface area contributed by atoms with E-state index in [0.29, 0.717) is 11.6 Å². The zero-order valence-corrected chi connectivity index (χ0v) is 17.1. The van der Waals surface area contributed by atoms with Crippen LogP contribution in [0, 0.1) is 0 Å². The lowest BCUT2D eigenvalue weighted by molar-refractivity contribution is -0.138. The quantitative estimate of drug-likeness (QED) is 0.700. The second-order valence-electron chi connectivity index (χ2n) is 7.80. The summed E-state index contributed by atoms with van der Waals surface area (Å²) in [6.07, 6.45) is 0.925. The van der Waals surface area contributed by atoms with Crippen molar-refractivity contribution in [3.05, 3.63) is 59.1 Å². The van der Waals surface area contributed by atoms with Crippen LogP contribution in [-0.4, -0.2) is 29.4 Å². The molecule has 0 amide bonds. The number of benzene rings is 2. The first kappa shape index (κ1) is 20.2. The van der Waals surface area contributed by atoms with E-state index in [1.807, 2.05) is 74.3 Å². The first-order valence-electron chi connectivity index (χ1n) is 9.28. The van der Waals surface area contributed by atoms with E-state index in [9.17, 15) is 4.79 Å². The molecule has 0 saturated carbocycles. The number of hydrazone groups is 1. The van der Waals surface area contributed by atoms with E-state index in [4.69, 9.17) is 21.4 Å². The number of anilines is 1. The van der Waals surface area contributed by atoms with E-state index in [1.165, 1.54) is 0 Å². The van der Waals surface area contributed by atoms with Crippen molar-refractivity contribution in [3.63, 3.8) is 0 Å². The highest BCUT2D eigenvalue weighted by Crippen LogP contribution is 2.30. The van der Waals surface area contributed by atoms with E-state index in [1.54, 1.807) is 0 Å². The van der Waals surface area contributed by atoms with Gasteiger partial charge in [0, 0.05) is 22.6 Å². The molecule has 1 unspecified atom stereocenters. The van der Waals surface area contributed by atoms with Crippen LogP contribution in [0.25, 0.3) is 0 Å². The Labute approximate surface area is 170 Å². The fraction of sp³-hybridized carbons (Fsp3) is 0.364. The summed E-state index contributed by atoms with van der Waals surface area (Å²) >= 11 is 5.99. The van der Waals surface area contributed by atoms with Crippen molar-refractivity contribution in [2.45, 2.75) is 45.1 Å². The molecule has 1 N–H and O–H groups in total. The highest BCUT2D eigenvalue weighted by Gasteiger charge is 2.27. The molecule has 5 nitrogen and oxygen atoms in total. The standard InChI is InChI=1S/C22H25ClN2O3/c1-15-12-19(25(24-15)18-8-6-17(23)7-9-18)14-28-20-10-4-16(5-11-20)22(2,3)13-21(26)27/h4-11,19H,12-14H2,1-3H3,(H,26,27). The first-order chi connectivity index (χ1) is 13.2. The molecule has 2 aromatic rings. The SMILES string of the molecule is CC1=NN(c2ccc(Cl)cc2)C(COc2ccc(C(C)(C)CC(=O)O)cc2)C1. The Bertz CT molecular complexity index is 860. The zero-order chi connectivity index (χ0) is 20.3. The molecule has 1 aliphatic rings. The van der Waals surface area contributed by atoms with Crippen LogP contribution in [0.2, 0.25) is 5.02 Å². The average molecular weight is 401 g/mol. The lowest BCUT2D eigenvalue weighted by Crippen LogP contribution is -2.32. The Morgan fingerprint density at radius 2 is 1.86 bits per heavy atom. The van der Waals surface area contributed by atoms with Crippen LogP contribution in [-0.2, 0) is 10.2 Å². The number of aliphatic carboxylic acids is 1. The van der Waals surface area contributed by atoms with Gasteiger partial charge in [-0.25, -0.2) is 0 Å². The number of rotatable bonds is 7. The van der Waals surface area contributed by atoms with Gasteiger partial charge in [-0.1, -0.05) is 37.6 Å². The average Bonchev–Trinajstić information content (AvgIpc) is 3.00. The highest BCUT2D eigenvalue weighted by molar-refractivity contribution is 6.30. The van der Waals surface area contributed by atoms with Crippen LogP contribution >= 0.6 is 11.6 Å². The third-order valence-corrected chi connectivity index (χ3v) is 5.17. The Kier molecular flexibility index (Phi) is 5.94. The van der Waals surface area contributed by atoms with Crippen LogP contribution in [0.15, 0.2) is 53.6 Å². The van der Waals surface area contributed by atoms with Crippen molar-refractivity contribution in [3.8, 4) is 5.75 Å². The van der Waals surface area contributed by atoms with Crippen LogP contribution in [0.5, 0.6) is 5.75 Å². The van der Waals surface area contributed by atoms with Gasteiger partial charge in [-0.2, -0.15) is 5.10 Å². The predicted molar refractivity (Wildman–Crippen MR) is 113 cm³/mol. The fourth-order valence-electron chi connectivity index (χ4n) is 3.40. The predicted octanol–water partition coefficient (Wildman–Crippen LogP) is 5.13. The van der Waals surface area contributed by atoms with Gasteiger partial charge in [0.1, 0.15) is 12.4 Å². The minimum absolute atomic E-state index is 0.0853. The molecule has 28 heavy (non-hydrogen) atoms. The fourth-order valence-corrected chi connectivity index (χ4v) is 3.53. The molecule has 0 saturated heterocycles. The van der Waals surface area contributed by atoms with Gasteiger partial charge < -0.3 is 9.84 Å². The molecular formula is C22H25ClN2O3. The molecule has 0 fully saturated rings. The molecular weight excluding hydrogens is 376 g/mol. The Morgan fingerprint density at radius 3 is 2.46 bits per heavy atom. The molecule has 1 heterocycles. The van der Waals surface area contributed by atoms with Crippen molar-refractivity contribution in [2.24, 2.45) is 5.10 Å². The maximum Gasteiger partial charge on any atom is 0.304 e. The van der Waals surface area contributed by atoms with Gasteiger partial charge in [-0.05, 0) is 48.9 Å². The molecule has 0 aromatic heterocycles. The number of hydrogen-bond acceptors (Lipinski definition) is 4. The van der Waals surface area contributed by atoms with Crippen molar-refractivity contribution < 1.29 is 14.6 Å². The van der Waals surface area contributed by atoms with Crippen molar-refractivity contribution in [2.75, 3.05) is 11.6 Å². The van der Waals surface area contributed by atoms with Gasteiger partial charge >= 0.3 is 5.97 Å². The lowest BCUT2D eigenvalue weighted by atomic mass is 9.82. The molecule has 0 radical (unpaired) electrons. The summed E-state index contributed by atoms with van der Waals surface area (Å²) in [6, 6.07) is 15.4. The van der Waals surface area contributed by atoms with Gasteiger partial charge in [-0.3, -0.25) is 9.80 Å². The summed E-state index contributed by atoms with van der Waals surface area (Å²) in [4.78, 5) is 11.1. The molecule has 0 spiro atoms. The third kappa shape index (κ3) is 4.84. The van der Waals surface area contributed by atoms with Crippen LogP contribution in [0.1, 0.15) is 39.2 Å². The molecule has 6 heteroatoms. The molecule has 1 atom stereocenters. The monoisotopic (exact) mass is 400 g/mol. The summed E-state index contributed by atoms with van der Waals surface area (Å²) < 4.78 is 6.01. The Hall–Kier alpha value is -2.53. The first-order valence-corrected chi connectivity index (χ1v) is 9.66. The van der Waals surface area contributed by atoms with E-state index in [2.05, 4.69) is 5.10 Å². The molecule has 148 valence electrons. The normalized spacial score (nSPS) is 16.8. The number of carboxylic acids is 1. The maximum absolute atomic E-state index is 11.1. The summed E-state index contributed by atoms with van der Waals surface area (Å²) in [6.45, 7) is 6.38. The Morgan fingerprint density at radius 1 is 1.21 bits per heavy atom.